The van der Waals surface area contributed by atoms with Crippen LogP contribution in [-0.2, 0) is 4.79 Å². The van der Waals surface area contributed by atoms with Crippen molar-refractivity contribution in [3.8, 4) is 5.75 Å². The number of carbonyl (C=O) groups excluding carboxylic acids is 1. The standard InChI is InChI=1S/C15H24N2O2/c1-4-5-9-16-15(18)11-17-12(2)13-7-6-8-14(10-13)19-3/h6-8,10,12,17H,4-5,9,11H2,1-3H3,(H,16,18)/t12-/m1/s1. The Morgan fingerprint density at radius 1 is 1.42 bits per heavy atom. The van der Waals surface area contributed by atoms with Gasteiger partial charge in [-0.2, -0.15) is 0 Å². The molecule has 0 fully saturated rings. The van der Waals surface area contributed by atoms with Crippen LogP contribution >= 0.6 is 0 Å². The third-order valence-electron chi connectivity index (χ3n) is 3.02. The first-order valence-corrected chi connectivity index (χ1v) is 6.81. The smallest absolute Gasteiger partial charge is 0.233 e. The molecule has 1 aromatic rings. The largest absolute Gasteiger partial charge is 0.497 e. The number of ether oxygens (including phenoxy) is 1. The van der Waals surface area contributed by atoms with Gasteiger partial charge in [0.2, 0.25) is 5.91 Å². The van der Waals surface area contributed by atoms with E-state index in [0.29, 0.717) is 6.54 Å². The zero-order chi connectivity index (χ0) is 14.1. The van der Waals surface area contributed by atoms with E-state index in [9.17, 15) is 4.79 Å². The minimum Gasteiger partial charge on any atom is -0.497 e. The van der Waals surface area contributed by atoms with Gasteiger partial charge in [0.25, 0.3) is 0 Å². The lowest BCUT2D eigenvalue weighted by Gasteiger charge is -2.15. The maximum Gasteiger partial charge on any atom is 0.233 e. The molecule has 0 saturated carbocycles. The maximum atomic E-state index is 11.6. The predicted octanol–water partition coefficient (Wildman–Crippen LogP) is 2.26. The van der Waals surface area contributed by atoms with Crippen molar-refractivity contribution in [2.24, 2.45) is 0 Å². The van der Waals surface area contributed by atoms with Crippen molar-refractivity contribution in [3.63, 3.8) is 0 Å². The van der Waals surface area contributed by atoms with Gasteiger partial charge in [0.15, 0.2) is 0 Å². The Kier molecular flexibility index (Phi) is 6.97. The van der Waals surface area contributed by atoms with Crippen LogP contribution in [0.1, 0.15) is 38.3 Å². The first-order chi connectivity index (χ1) is 9.17. The van der Waals surface area contributed by atoms with Crippen molar-refractivity contribution in [1.29, 1.82) is 0 Å². The minimum absolute atomic E-state index is 0.0446. The van der Waals surface area contributed by atoms with Crippen LogP contribution in [-0.4, -0.2) is 26.1 Å². The van der Waals surface area contributed by atoms with E-state index >= 15 is 0 Å². The maximum absolute atomic E-state index is 11.6. The number of unbranched alkanes of at least 4 members (excludes halogenated alkanes) is 1. The third kappa shape index (κ3) is 5.75. The highest BCUT2D eigenvalue weighted by Gasteiger charge is 2.08. The van der Waals surface area contributed by atoms with Gasteiger partial charge in [-0.1, -0.05) is 25.5 Å². The molecule has 0 aliphatic carbocycles. The van der Waals surface area contributed by atoms with Crippen molar-refractivity contribution in [3.05, 3.63) is 29.8 Å². The summed E-state index contributed by atoms with van der Waals surface area (Å²) in [6, 6.07) is 7.98. The molecule has 106 valence electrons. The molecule has 19 heavy (non-hydrogen) atoms. The monoisotopic (exact) mass is 264 g/mol. The minimum atomic E-state index is 0.0446. The average molecular weight is 264 g/mol. The lowest BCUT2D eigenvalue weighted by atomic mass is 10.1. The summed E-state index contributed by atoms with van der Waals surface area (Å²) in [5.74, 6) is 0.877. The first kappa shape index (κ1) is 15.5. The van der Waals surface area contributed by atoms with Crippen LogP contribution in [0.15, 0.2) is 24.3 Å². The molecule has 0 aromatic heterocycles. The molecule has 1 atom stereocenters. The Labute approximate surface area is 115 Å². The Morgan fingerprint density at radius 2 is 2.21 bits per heavy atom. The number of methoxy groups -OCH3 is 1. The van der Waals surface area contributed by atoms with Crippen LogP contribution in [0.3, 0.4) is 0 Å². The fourth-order valence-electron chi connectivity index (χ4n) is 1.74. The molecule has 0 saturated heterocycles. The van der Waals surface area contributed by atoms with E-state index in [1.165, 1.54) is 0 Å². The molecule has 1 aromatic carbocycles. The molecule has 0 aliphatic heterocycles. The Hall–Kier alpha value is -1.55. The molecule has 0 bridgehead atoms. The van der Waals surface area contributed by atoms with Gasteiger partial charge in [0, 0.05) is 12.6 Å². The van der Waals surface area contributed by atoms with Crippen molar-refractivity contribution in [2.45, 2.75) is 32.7 Å². The summed E-state index contributed by atoms with van der Waals surface area (Å²) in [6.07, 6.45) is 2.12. The van der Waals surface area contributed by atoms with Gasteiger partial charge in [-0.25, -0.2) is 0 Å². The van der Waals surface area contributed by atoms with E-state index in [1.54, 1.807) is 7.11 Å². The number of amides is 1. The topological polar surface area (TPSA) is 50.4 Å². The molecular weight excluding hydrogens is 240 g/mol. The predicted molar refractivity (Wildman–Crippen MR) is 77.3 cm³/mol. The van der Waals surface area contributed by atoms with Crippen molar-refractivity contribution in [2.75, 3.05) is 20.2 Å². The lowest BCUT2D eigenvalue weighted by Crippen LogP contribution is -2.35. The molecule has 0 aliphatic rings. The van der Waals surface area contributed by atoms with Gasteiger partial charge in [-0.3, -0.25) is 4.79 Å². The molecule has 0 spiro atoms. The molecule has 4 nitrogen and oxygen atoms in total. The number of hydrogen-bond acceptors (Lipinski definition) is 3. The molecule has 2 N–H and O–H groups in total. The van der Waals surface area contributed by atoms with Crippen molar-refractivity contribution >= 4 is 5.91 Å². The van der Waals surface area contributed by atoms with E-state index in [4.69, 9.17) is 4.74 Å². The third-order valence-corrected chi connectivity index (χ3v) is 3.02. The average Bonchev–Trinajstić information content (AvgIpc) is 2.45. The highest BCUT2D eigenvalue weighted by molar-refractivity contribution is 5.77. The second kappa shape index (κ2) is 8.53. The molecule has 0 unspecified atom stereocenters. The summed E-state index contributed by atoms with van der Waals surface area (Å²) in [6.45, 7) is 5.23. The number of rotatable bonds is 8. The quantitative estimate of drug-likeness (QED) is 0.708. The van der Waals surface area contributed by atoms with Gasteiger partial charge in [0.1, 0.15) is 5.75 Å². The van der Waals surface area contributed by atoms with E-state index in [1.807, 2.05) is 31.2 Å². The van der Waals surface area contributed by atoms with Crippen LogP contribution in [0.5, 0.6) is 5.75 Å². The zero-order valence-electron chi connectivity index (χ0n) is 12.0. The normalized spacial score (nSPS) is 11.9. The number of carbonyl (C=O) groups is 1. The highest BCUT2D eigenvalue weighted by Crippen LogP contribution is 2.18. The van der Waals surface area contributed by atoms with Crippen LogP contribution < -0.4 is 15.4 Å². The van der Waals surface area contributed by atoms with E-state index < -0.39 is 0 Å². The number of benzene rings is 1. The fourth-order valence-corrected chi connectivity index (χ4v) is 1.74. The van der Waals surface area contributed by atoms with Gasteiger partial charge < -0.3 is 15.4 Å². The summed E-state index contributed by atoms with van der Waals surface area (Å²) in [7, 11) is 1.65. The van der Waals surface area contributed by atoms with Crippen LogP contribution in [0.4, 0.5) is 0 Å². The van der Waals surface area contributed by atoms with E-state index in [0.717, 1.165) is 30.7 Å². The zero-order valence-corrected chi connectivity index (χ0v) is 12.0. The Morgan fingerprint density at radius 3 is 2.89 bits per heavy atom. The molecule has 0 heterocycles. The second-order valence-electron chi connectivity index (χ2n) is 4.58. The van der Waals surface area contributed by atoms with E-state index in [2.05, 4.69) is 17.6 Å². The molecular formula is C15H24N2O2. The van der Waals surface area contributed by atoms with Crippen LogP contribution in [0.25, 0.3) is 0 Å². The number of hydrogen-bond donors (Lipinski definition) is 2. The van der Waals surface area contributed by atoms with Gasteiger partial charge in [0.05, 0.1) is 13.7 Å². The first-order valence-electron chi connectivity index (χ1n) is 6.81. The molecule has 1 rings (SSSR count). The summed E-state index contributed by atoms with van der Waals surface area (Å²) in [5, 5.41) is 6.10. The van der Waals surface area contributed by atoms with Crippen LogP contribution in [0, 0.1) is 0 Å². The lowest BCUT2D eigenvalue weighted by molar-refractivity contribution is -0.120. The van der Waals surface area contributed by atoms with Crippen molar-refractivity contribution in [1.82, 2.24) is 10.6 Å². The summed E-state index contributed by atoms with van der Waals surface area (Å²) < 4.78 is 5.19. The number of nitrogens with one attached hydrogen (secondary N) is 2. The second-order valence-corrected chi connectivity index (χ2v) is 4.58. The van der Waals surface area contributed by atoms with Crippen LogP contribution in [0.2, 0.25) is 0 Å². The van der Waals surface area contributed by atoms with E-state index in [-0.39, 0.29) is 11.9 Å². The summed E-state index contributed by atoms with van der Waals surface area (Å²) in [5.41, 5.74) is 1.11. The molecule has 0 radical (unpaired) electrons. The Bertz CT molecular complexity index is 393. The van der Waals surface area contributed by atoms with Gasteiger partial charge in [-0.05, 0) is 31.0 Å². The molecule has 1 amide bonds. The van der Waals surface area contributed by atoms with Gasteiger partial charge >= 0.3 is 0 Å². The fraction of sp³-hybridized carbons (Fsp3) is 0.533. The summed E-state index contributed by atoms with van der Waals surface area (Å²) in [4.78, 5) is 11.6. The SMILES string of the molecule is CCCCNC(=O)CN[C@H](C)c1cccc(OC)c1. The molecule has 4 heteroatoms. The highest BCUT2D eigenvalue weighted by atomic mass is 16.5. The Balaban J connectivity index is 2.37. The van der Waals surface area contributed by atoms with Crippen molar-refractivity contribution < 1.29 is 9.53 Å². The van der Waals surface area contributed by atoms with Gasteiger partial charge in [-0.15, -0.1) is 0 Å². The summed E-state index contributed by atoms with van der Waals surface area (Å²) >= 11 is 0.